The number of aliphatic carboxylic acids is 1. The third-order valence-electron chi connectivity index (χ3n) is 5.17. The Labute approximate surface area is 127 Å². The van der Waals surface area contributed by atoms with E-state index < -0.39 is 11.9 Å². The summed E-state index contributed by atoms with van der Waals surface area (Å²) in [7, 11) is 0. The van der Waals surface area contributed by atoms with Crippen LogP contribution >= 0.6 is 0 Å². The Bertz CT molecular complexity index is 372. The second-order valence-electron chi connectivity index (χ2n) is 6.61. The van der Waals surface area contributed by atoms with Crippen LogP contribution in [-0.2, 0) is 9.59 Å². The highest BCUT2D eigenvalue weighted by Crippen LogP contribution is 2.35. The van der Waals surface area contributed by atoms with Gasteiger partial charge in [-0.2, -0.15) is 0 Å². The van der Waals surface area contributed by atoms with Gasteiger partial charge in [-0.1, -0.05) is 25.7 Å². The Hall–Kier alpha value is -1.10. The van der Waals surface area contributed by atoms with Crippen molar-refractivity contribution in [3.63, 3.8) is 0 Å². The fourth-order valence-electron chi connectivity index (χ4n) is 3.70. The fourth-order valence-corrected chi connectivity index (χ4v) is 3.70. The van der Waals surface area contributed by atoms with E-state index in [-0.39, 0.29) is 11.4 Å². The molecule has 0 bridgehead atoms. The third kappa shape index (κ3) is 3.96. The lowest BCUT2D eigenvalue weighted by molar-refractivity contribution is -0.146. The number of nitrogens with zero attached hydrogens (tertiary/aromatic N) is 1. The molecule has 1 saturated carbocycles. The summed E-state index contributed by atoms with van der Waals surface area (Å²) in [6.07, 6.45) is 9.71. The number of amides is 1. The topological polar surface area (TPSA) is 69.6 Å². The molecule has 0 aromatic heterocycles. The molecule has 0 aromatic rings. The lowest BCUT2D eigenvalue weighted by Gasteiger charge is -2.48. The van der Waals surface area contributed by atoms with Crippen molar-refractivity contribution in [1.82, 2.24) is 10.2 Å². The monoisotopic (exact) mass is 296 g/mol. The molecule has 1 unspecified atom stereocenters. The number of carbonyl (C=O) groups is 2. The number of piperidine rings is 1. The number of carboxylic acid groups (broad SMARTS) is 1. The summed E-state index contributed by atoms with van der Waals surface area (Å²) in [5, 5.41) is 11.8. The molecule has 1 saturated heterocycles. The third-order valence-corrected chi connectivity index (χ3v) is 5.17. The van der Waals surface area contributed by atoms with Crippen molar-refractivity contribution in [2.24, 2.45) is 5.92 Å². The largest absolute Gasteiger partial charge is 0.481 e. The first-order valence-corrected chi connectivity index (χ1v) is 8.31. The molecular weight excluding hydrogens is 268 g/mol. The highest BCUT2D eigenvalue weighted by Gasteiger charge is 2.39. The maximum atomic E-state index is 11.9. The average Bonchev–Trinajstić information content (AvgIpc) is 2.53. The Morgan fingerprint density at radius 2 is 1.67 bits per heavy atom. The van der Waals surface area contributed by atoms with E-state index in [1.807, 2.05) is 0 Å². The summed E-state index contributed by atoms with van der Waals surface area (Å²) in [6, 6.07) is 0. The Morgan fingerprint density at radius 3 is 2.24 bits per heavy atom. The maximum absolute atomic E-state index is 11.9. The van der Waals surface area contributed by atoms with E-state index in [2.05, 4.69) is 10.2 Å². The number of carboxylic acids is 1. The first-order valence-electron chi connectivity index (χ1n) is 8.31. The second kappa shape index (κ2) is 7.25. The van der Waals surface area contributed by atoms with Crippen LogP contribution in [0.3, 0.4) is 0 Å². The molecule has 0 spiro atoms. The SMILES string of the molecule is CC(C(=O)O)C(=O)NCC1(N2CCCCC2)CCCCC1. The summed E-state index contributed by atoms with van der Waals surface area (Å²) in [5.41, 5.74) is 0.0621. The molecule has 1 heterocycles. The zero-order valence-electron chi connectivity index (χ0n) is 13.1. The number of nitrogens with one attached hydrogen (secondary N) is 1. The van der Waals surface area contributed by atoms with Gasteiger partial charge in [0.2, 0.25) is 5.91 Å². The number of hydrogen-bond acceptors (Lipinski definition) is 3. The van der Waals surface area contributed by atoms with Gasteiger partial charge >= 0.3 is 5.97 Å². The molecule has 2 aliphatic rings. The van der Waals surface area contributed by atoms with Gasteiger partial charge in [0.1, 0.15) is 5.92 Å². The van der Waals surface area contributed by atoms with E-state index >= 15 is 0 Å². The van der Waals surface area contributed by atoms with Gasteiger partial charge in [0, 0.05) is 12.1 Å². The Morgan fingerprint density at radius 1 is 1.10 bits per heavy atom. The minimum atomic E-state index is -1.05. The number of hydrogen-bond donors (Lipinski definition) is 2. The zero-order valence-corrected chi connectivity index (χ0v) is 13.1. The van der Waals surface area contributed by atoms with Crippen LogP contribution in [0, 0.1) is 5.92 Å². The molecule has 1 aliphatic carbocycles. The molecule has 0 aromatic carbocycles. The maximum Gasteiger partial charge on any atom is 0.315 e. The van der Waals surface area contributed by atoms with E-state index in [9.17, 15) is 9.59 Å². The van der Waals surface area contributed by atoms with Crippen molar-refractivity contribution in [1.29, 1.82) is 0 Å². The molecule has 2 N–H and O–H groups in total. The van der Waals surface area contributed by atoms with Crippen LogP contribution < -0.4 is 5.32 Å². The van der Waals surface area contributed by atoms with Crippen LogP contribution in [0.25, 0.3) is 0 Å². The summed E-state index contributed by atoms with van der Waals surface area (Å²) >= 11 is 0. The van der Waals surface area contributed by atoms with Crippen LogP contribution in [-0.4, -0.2) is 47.1 Å². The van der Waals surface area contributed by atoms with Gasteiger partial charge in [-0.25, -0.2) is 0 Å². The first-order chi connectivity index (χ1) is 10.1. The summed E-state index contributed by atoms with van der Waals surface area (Å²) in [4.78, 5) is 25.4. The molecule has 2 fully saturated rings. The lowest BCUT2D eigenvalue weighted by atomic mass is 9.79. The van der Waals surface area contributed by atoms with Gasteiger partial charge in [0.25, 0.3) is 0 Å². The van der Waals surface area contributed by atoms with Gasteiger partial charge in [-0.3, -0.25) is 14.5 Å². The lowest BCUT2D eigenvalue weighted by Crippen LogP contribution is -2.58. The van der Waals surface area contributed by atoms with Crippen molar-refractivity contribution in [2.45, 2.75) is 63.8 Å². The highest BCUT2D eigenvalue weighted by atomic mass is 16.4. The van der Waals surface area contributed by atoms with Gasteiger partial charge in [0.05, 0.1) is 0 Å². The standard InChI is InChI=1S/C16H28N2O3/c1-13(15(20)21)14(19)17-12-16(8-4-2-5-9-16)18-10-6-3-7-11-18/h13H,2-12H2,1H3,(H,17,19)(H,20,21). The molecule has 5 heteroatoms. The highest BCUT2D eigenvalue weighted by molar-refractivity contribution is 5.96. The summed E-state index contributed by atoms with van der Waals surface area (Å²) in [5.74, 6) is -2.38. The fraction of sp³-hybridized carbons (Fsp3) is 0.875. The van der Waals surface area contributed by atoms with E-state index in [0.29, 0.717) is 6.54 Å². The summed E-state index contributed by atoms with van der Waals surface area (Å²) < 4.78 is 0. The van der Waals surface area contributed by atoms with Crippen LogP contribution in [0.1, 0.15) is 58.3 Å². The summed E-state index contributed by atoms with van der Waals surface area (Å²) in [6.45, 7) is 4.28. The van der Waals surface area contributed by atoms with E-state index in [1.165, 1.54) is 45.4 Å². The minimum Gasteiger partial charge on any atom is -0.481 e. The molecule has 1 atom stereocenters. The zero-order chi connectivity index (χ0) is 15.3. The average molecular weight is 296 g/mol. The van der Waals surface area contributed by atoms with Crippen molar-refractivity contribution in [2.75, 3.05) is 19.6 Å². The Balaban J connectivity index is 1.99. The molecule has 0 radical (unpaired) electrons. The van der Waals surface area contributed by atoms with Crippen LogP contribution in [0.15, 0.2) is 0 Å². The van der Waals surface area contributed by atoms with Gasteiger partial charge in [0.15, 0.2) is 0 Å². The smallest absolute Gasteiger partial charge is 0.315 e. The van der Waals surface area contributed by atoms with E-state index in [0.717, 1.165) is 25.9 Å². The van der Waals surface area contributed by atoms with Crippen molar-refractivity contribution in [3.8, 4) is 0 Å². The second-order valence-corrected chi connectivity index (χ2v) is 6.61. The van der Waals surface area contributed by atoms with Gasteiger partial charge < -0.3 is 10.4 Å². The quantitative estimate of drug-likeness (QED) is 0.762. The Kier molecular flexibility index (Phi) is 5.62. The van der Waals surface area contributed by atoms with Crippen LogP contribution in [0.2, 0.25) is 0 Å². The number of likely N-dealkylation sites (tertiary alicyclic amines) is 1. The van der Waals surface area contributed by atoms with Crippen LogP contribution in [0.4, 0.5) is 0 Å². The minimum absolute atomic E-state index is 0.0621. The number of carbonyl (C=O) groups excluding carboxylic acids is 1. The van der Waals surface area contributed by atoms with Crippen molar-refractivity contribution >= 4 is 11.9 Å². The predicted molar refractivity (Wildman–Crippen MR) is 81.0 cm³/mol. The van der Waals surface area contributed by atoms with Gasteiger partial charge in [-0.15, -0.1) is 0 Å². The molecule has 5 nitrogen and oxygen atoms in total. The predicted octanol–water partition coefficient (Wildman–Crippen LogP) is 2.01. The first kappa shape index (κ1) is 16.3. The van der Waals surface area contributed by atoms with Crippen molar-refractivity contribution < 1.29 is 14.7 Å². The van der Waals surface area contributed by atoms with Gasteiger partial charge in [-0.05, 0) is 45.7 Å². The van der Waals surface area contributed by atoms with E-state index in [4.69, 9.17) is 5.11 Å². The number of rotatable bonds is 5. The normalized spacial score (nSPS) is 24.2. The van der Waals surface area contributed by atoms with E-state index in [1.54, 1.807) is 0 Å². The molecule has 120 valence electrons. The van der Waals surface area contributed by atoms with Crippen molar-refractivity contribution in [3.05, 3.63) is 0 Å². The molecule has 1 amide bonds. The molecule has 21 heavy (non-hydrogen) atoms. The van der Waals surface area contributed by atoms with Crippen LogP contribution in [0.5, 0.6) is 0 Å². The molecule has 1 aliphatic heterocycles. The molecule has 2 rings (SSSR count). The molecular formula is C16H28N2O3.